The highest BCUT2D eigenvalue weighted by molar-refractivity contribution is 8.00. The molecule has 2 aromatic rings. The second-order valence-electron chi connectivity index (χ2n) is 5.09. The first kappa shape index (κ1) is 18.2. The Balaban J connectivity index is 1.81. The van der Waals surface area contributed by atoms with Crippen LogP contribution in [0.1, 0.15) is 11.1 Å². The van der Waals surface area contributed by atoms with Crippen LogP contribution in [0.4, 0.5) is 13.2 Å². The molecule has 2 aromatic carbocycles. The van der Waals surface area contributed by atoms with Crippen LogP contribution in [0.3, 0.4) is 0 Å². The summed E-state index contributed by atoms with van der Waals surface area (Å²) in [5.74, 6) is 0.383. The van der Waals surface area contributed by atoms with E-state index in [1.54, 1.807) is 25.1 Å². The third-order valence-corrected chi connectivity index (χ3v) is 4.20. The number of thioether (sulfide) groups is 1. The molecule has 0 heterocycles. The molecule has 2 rings (SSSR count). The summed E-state index contributed by atoms with van der Waals surface area (Å²) in [5, 5.41) is 9.43. The zero-order valence-corrected chi connectivity index (χ0v) is 13.6. The molecule has 0 radical (unpaired) electrons. The van der Waals surface area contributed by atoms with Gasteiger partial charge in [-0.3, -0.25) is 4.79 Å². The lowest BCUT2D eigenvalue weighted by atomic mass is 10.2. The summed E-state index contributed by atoms with van der Waals surface area (Å²) in [6, 6.07) is 9.22. The van der Waals surface area contributed by atoms with Gasteiger partial charge in [-0.2, -0.15) is 13.2 Å². The highest BCUT2D eigenvalue weighted by atomic mass is 32.2. The van der Waals surface area contributed by atoms with Crippen LogP contribution in [0.15, 0.2) is 47.4 Å². The van der Waals surface area contributed by atoms with Gasteiger partial charge in [-0.25, -0.2) is 0 Å². The molecule has 0 bridgehead atoms. The number of rotatable bonds is 6. The number of ether oxygens (including phenoxy) is 1. The number of carbonyl (C=O) groups excluding carboxylic acids is 1. The topological polar surface area (TPSA) is 46.5 Å². The summed E-state index contributed by atoms with van der Waals surface area (Å²) in [6.07, 6.45) is -4.40. The Bertz CT molecular complexity index is 712. The molecular weight excluding hydrogens is 341 g/mol. The van der Waals surface area contributed by atoms with Crippen molar-refractivity contribution in [3.05, 3.63) is 53.6 Å². The van der Waals surface area contributed by atoms with Crippen LogP contribution in [-0.4, -0.2) is 23.2 Å². The highest BCUT2D eigenvalue weighted by Gasteiger charge is 2.30. The van der Waals surface area contributed by atoms with E-state index in [0.29, 0.717) is 5.56 Å². The molecule has 128 valence electrons. The van der Waals surface area contributed by atoms with Gasteiger partial charge in [0.1, 0.15) is 18.1 Å². The lowest BCUT2D eigenvalue weighted by Gasteiger charge is -2.09. The Morgan fingerprint density at radius 2 is 1.83 bits per heavy atom. The summed E-state index contributed by atoms with van der Waals surface area (Å²) < 4.78 is 42.5. The van der Waals surface area contributed by atoms with Gasteiger partial charge in [0.05, 0.1) is 11.3 Å². The molecule has 7 heteroatoms. The third kappa shape index (κ3) is 5.19. The molecule has 0 spiro atoms. The number of alkyl halides is 3. The molecule has 0 aromatic heterocycles. The van der Waals surface area contributed by atoms with Gasteiger partial charge in [0.15, 0.2) is 5.78 Å². The van der Waals surface area contributed by atoms with Gasteiger partial charge >= 0.3 is 6.18 Å². The first-order valence-electron chi connectivity index (χ1n) is 7.00. The Labute approximate surface area is 141 Å². The number of halogens is 3. The molecule has 3 nitrogen and oxygen atoms in total. The maximum Gasteiger partial charge on any atom is 0.416 e. The second kappa shape index (κ2) is 7.61. The molecule has 0 unspecified atom stereocenters. The van der Waals surface area contributed by atoms with Gasteiger partial charge in [-0.05, 0) is 55.0 Å². The van der Waals surface area contributed by atoms with Crippen LogP contribution in [0.25, 0.3) is 0 Å². The second-order valence-corrected chi connectivity index (χ2v) is 6.14. The fourth-order valence-electron chi connectivity index (χ4n) is 1.83. The molecule has 0 saturated heterocycles. The van der Waals surface area contributed by atoms with Crippen molar-refractivity contribution in [1.82, 2.24) is 0 Å². The number of aromatic hydroxyl groups is 1. The van der Waals surface area contributed by atoms with E-state index in [9.17, 15) is 23.1 Å². The van der Waals surface area contributed by atoms with Gasteiger partial charge in [0, 0.05) is 4.90 Å². The van der Waals surface area contributed by atoms with Crippen molar-refractivity contribution in [3.63, 3.8) is 0 Å². The van der Waals surface area contributed by atoms with Gasteiger partial charge in [-0.15, -0.1) is 11.8 Å². The van der Waals surface area contributed by atoms with Crippen molar-refractivity contribution in [3.8, 4) is 11.5 Å². The molecule has 0 aliphatic heterocycles. The minimum absolute atomic E-state index is 0.171. The Kier molecular flexibility index (Phi) is 5.77. The van der Waals surface area contributed by atoms with Gasteiger partial charge in [0.25, 0.3) is 0 Å². The van der Waals surface area contributed by atoms with Crippen LogP contribution in [-0.2, 0) is 11.0 Å². The minimum Gasteiger partial charge on any atom is -0.508 e. The van der Waals surface area contributed by atoms with Crippen molar-refractivity contribution in [2.45, 2.75) is 18.0 Å². The lowest BCUT2D eigenvalue weighted by molar-refractivity contribution is -0.137. The Morgan fingerprint density at radius 3 is 2.42 bits per heavy atom. The van der Waals surface area contributed by atoms with Gasteiger partial charge < -0.3 is 9.84 Å². The molecule has 0 amide bonds. The van der Waals surface area contributed by atoms with Crippen LogP contribution in [0.5, 0.6) is 11.5 Å². The number of benzene rings is 2. The lowest BCUT2D eigenvalue weighted by Crippen LogP contribution is -2.13. The average Bonchev–Trinajstić information content (AvgIpc) is 2.53. The first-order valence-corrected chi connectivity index (χ1v) is 7.98. The number of carbonyl (C=O) groups is 1. The molecule has 0 saturated carbocycles. The number of phenols is 1. The molecule has 0 atom stereocenters. The van der Waals surface area contributed by atoms with Crippen LogP contribution in [0, 0.1) is 6.92 Å². The van der Waals surface area contributed by atoms with E-state index < -0.39 is 11.7 Å². The predicted octanol–water partition coefficient (Wildman–Crippen LogP) is 4.46. The van der Waals surface area contributed by atoms with Crippen LogP contribution in [0.2, 0.25) is 0 Å². The van der Waals surface area contributed by atoms with Crippen molar-refractivity contribution < 1.29 is 27.8 Å². The van der Waals surface area contributed by atoms with Crippen molar-refractivity contribution >= 4 is 17.5 Å². The van der Waals surface area contributed by atoms with Crippen LogP contribution < -0.4 is 4.74 Å². The Morgan fingerprint density at radius 1 is 1.17 bits per heavy atom. The van der Waals surface area contributed by atoms with Crippen molar-refractivity contribution in [2.24, 2.45) is 0 Å². The minimum atomic E-state index is -4.40. The van der Waals surface area contributed by atoms with Crippen molar-refractivity contribution in [1.29, 1.82) is 0 Å². The normalized spacial score (nSPS) is 11.3. The largest absolute Gasteiger partial charge is 0.508 e. The van der Waals surface area contributed by atoms with E-state index in [-0.39, 0.29) is 29.6 Å². The fraction of sp³-hybridized carbons (Fsp3) is 0.235. The predicted molar refractivity (Wildman–Crippen MR) is 85.5 cm³/mol. The highest BCUT2D eigenvalue weighted by Crippen LogP contribution is 2.30. The zero-order valence-electron chi connectivity index (χ0n) is 12.8. The molecule has 0 aliphatic rings. The average molecular weight is 356 g/mol. The van der Waals surface area contributed by atoms with E-state index in [2.05, 4.69) is 0 Å². The SMILES string of the molecule is Cc1cc(SCC(=O)COc2ccc(C(F)(F)F)cc2)ccc1O. The molecule has 0 fully saturated rings. The van der Waals surface area contributed by atoms with E-state index in [0.717, 1.165) is 17.0 Å². The number of Topliss-reactive ketones (excluding diaryl/α,β-unsaturated/α-hetero) is 1. The first-order chi connectivity index (χ1) is 11.3. The van der Waals surface area contributed by atoms with E-state index >= 15 is 0 Å². The molecular formula is C17H15F3O3S. The summed E-state index contributed by atoms with van der Waals surface area (Å²) >= 11 is 1.30. The Hall–Kier alpha value is -2.15. The maximum absolute atomic E-state index is 12.4. The number of hydrogen-bond donors (Lipinski definition) is 1. The summed E-state index contributed by atoms with van der Waals surface area (Å²) in [5.41, 5.74) is -0.0483. The summed E-state index contributed by atoms with van der Waals surface area (Å²) in [7, 11) is 0. The van der Waals surface area contributed by atoms with E-state index in [1.807, 2.05) is 0 Å². The number of phenolic OH excluding ortho intramolecular Hbond substituents is 1. The van der Waals surface area contributed by atoms with E-state index in [4.69, 9.17) is 4.74 Å². The quantitative estimate of drug-likeness (QED) is 0.777. The van der Waals surface area contributed by atoms with Crippen molar-refractivity contribution in [2.75, 3.05) is 12.4 Å². The summed E-state index contributed by atoms with van der Waals surface area (Å²) in [4.78, 5) is 12.6. The van der Waals surface area contributed by atoms with Gasteiger partial charge in [0.2, 0.25) is 0 Å². The third-order valence-electron chi connectivity index (χ3n) is 3.15. The monoisotopic (exact) mass is 356 g/mol. The fourth-order valence-corrected chi connectivity index (χ4v) is 2.66. The summed E-state index contributed by atoms with van der Waals surface area (Å²) in [6.45, 7) is 1.55. The molecule has 24 heavy (non-hydrogen) atoms. The standard InChI is InChI=1S/C17H15F3O3S/c1-11-8-15(6-7-16(11)22)24-10-13(21)9-23-14-4-2-12(3-5-14)17(18,19)20/h2-8,22H,9-10H2,1H3. The molecule has 1 N–H and O–H groups in total. The number of aryl methyl sites for hydroxylation is 1. The van der Waals surface area contributed by atoms with E-state index in [1.165, 1.54) is 23.9 Å². The smallest absolute Gasteiger partial charge is 0.416 e. The van der Waals surface area contributed by atoms with Gasteiger partial charge in [-0.1, -0.05) is 0 Å². The maximum atomic E-state index is 12.4. The molecule has 0 aliphatic carbocycles. The number of ketones is 1. The van der Waals surface area contributed by atoms with Crippen LogP contribution >= 0.6 is 11.8 Å². The zero-order chi connectivity index (χ0) is 17.7. The number of hydrogen-bond acceptors (Lipinski definition) is 4.